The Kier molecular flexibility index (Phi) is 4.01. The topological polar surface area (TPSA) is 24.9 Å². The van der Waals surface area contributed by atoms with E-state index in [4.69, 9.17) is 4.98 Å². The molecule has 1 aromatic heterocycles. The number of nitrogens with zero attached hydrogens (tertiary/aromatic N) is 1. The first kappa shape index (κ1) is 13.3. The number of hydrogen-bond acceptors (Lipinski definition) is 3. The van der Waals surface area contributed by atoms with Crippen LogP contribution in [-0.4, -0.2) is 11.5 Å². The highest BCUT2D eigenvalue weighted by atomic mass is 79.9. The summed E-state index contributed by atoms with van der Waals surface area (Å²) in [5.41, 5.74) is 3.61. The highest BCUT2D eigenvalue weighted by Gasteiger charge is 2.18. The number of aromatic nitrogens is 1. The van der Waals surface area contributed by atoms with Crippen molar-refractivity contribution in [3.63, 3.8) is 0 Å². The monoisotopic (exact) mass is 336 g/mol. The first-order valence-corrected chi connectivity index (χ1v) is 8.36. The van der Waals surface area contributed by atoms with Crippen molar-refractivity contribution >= 4 is 27.3 Å². The molecule has 2 heterocycles. The Balaban J connectivity index is 1.89. The van der Waals surface area contributed by atoms with E-state index >= 15 is 0 Å². The standard InChI is InChI=1S/C15H17BrN2S/c1-10-5-6-11(16)8-12(10)14-9-19-15(18-14)13-4-2-3-7-17-13/h5-6,8-9,13,17H,2-4,7H2,1H3. The zero-order chi connectivity index (χ0) is 13.2. The second kappa shape index (κ2) is 5.73. The van der Waals surface area contributed by atoms with Gasteiger partial charge < -0.3 is 5.32 Å². The van der Waals surface area contributed by atoms with Crippen molar-refractivity contribution in [3.05, 3.63) is 38.6 Å². The van der Waals surface area contributed by atoms with Gasteiger partial charge in [0.2, 0.25) is 0 Å². The molecule has 1 unspecified atom stereocenters. The molecule has 0 saturated carbocycles. The summed E-state index contributed by atoms with van der Waals surface area (Å²) in [5, 5.41) is 6.98. The summed E-state index contributed by atoms with van der Waals surface area (Å²) in [4.78, 5) is 4.84. The van der Waals surface area contributed by atoms with Crippen LogP contribution in [0.15, 0.2) is 28.1 Å². The molecule has 0 spiro atoms. The van der Waals surface area contributed by atoms with E-state index in [-0.39, 0.29) is 0 Å². The highest BCUT2D eigenvalue weighted by molar-refractivity contribution is 9.10. The highest BCUT2D eigenvalue weighted by Crippen LogP contribution is 2.32. The predicted octanol–water partition coefficient (Wildman–Crippen LogP) is 4.70. The van der Waals surface area contributed by atoms with Gasteiger partial charge in [0.25, 0.3) is 0 Å². The van der Waals surface area contributed by atoms with Gasteiger partial charge in [-0.25, -0.2) is 4.98 Å². The van der Waals surface area contributed by atoms with Gasteiger partial charge in [-0.15, -0.1) is 11.3 Å². The van der Waals surface area contributed by atoms with Crippen LogP contribution in [0, 0.1) is 6.92 Å². The van der Waals surface area contributed by atoms with E-state index in [1.807, 2.05) is 0 Å². The predicted molar refractivity (Wildman–Crippen MR) is 84.6 cm³/mol. The first-order chi connectivity index (χ1) is 9.24. The summed E-state index contributed by atoms with van der Waals surface area (Å²) in [6.45, 7) is 3.26. The lowest BCUT2D eigenvalue weighted by molar-refractivity contribution is 0.411. The van der Waals surface area contributed by atoms with Gasteiger partial charge in [0.1, 0.15) is 5.01 Å². The van der Waals surface area contributed by atoms with Gasteiger partial charge in [-0.1, -0.05) is 28.4 Å². The van der Waals surface area contributed by atoms with Crippen LogP contribution in [0.1, 0.15) is 35.9 Å². The average molecular weight is 337 g/mol. The number of aryl methyl sites for hydroxylation is 1. The molecule has 3 rings (SSSR count). The van der Waals surface area contributed by atoms with E-state index in [1.165, 1.54) is 35.4 Å². The molecule has 1 fully saturated rings. The molecule has 19 heavy (non-hydrogen) atoms. The number of piperidine rings is 1. The van der Waals surface area contributed by atoms with Crippen LogP contribution in [0.25, 0.3) is 11.3 Å². The molecule has 1 atom stereocenters. The molecule has 2 nitrogen and oxygen atoms in total. The van der Waals surface area contributed by atoms with Crippen molar-refractivity contribution in [2.45, 2.75) is 32.2 Å². The van der Waals surface area contributed by atoms with Crippen molar-refractivity contribution in [2.24, 2.45) is 0 Å². The van der Waals surface area contributed by atoms with Crippen molar-refractivity contribution in [1.82, 2.24) is 10.3 Å². The molecule has 1 aromatic carbocycles. The van der Waals surface area contributed by atoms with Crippen LogP contribution in [0.4, 0.5) is 0 Å². The Labute approximate surface area is 126 Å². The van der Waals surface area contributed by atoms with E-state index in [0.29, 0.717) is 6.04 Å². The molecule has 0 radical (unpaired) electrons. The normalized spacial score (nSPS) is 19.6. The Morgan fingerprint density at radius 2 is 2.26 bits per heavy atom. The number of rotatable bonds is 2. The Morgan fingerprint density at radius 3 is 3.05 bits per heavy atom. The summed E-state index contributed by atoms with van der Waals surface area (Å²) in [6.07, 6.45) is 3.81. The molecular weight excluding hydrogens is 320 g/mol. The molecule has 0 bridgehead atoms. The van der Waals surface area contributed by atoms with Crippen molar-refractivity contribution in [3.8, 4) is 11.3 Å². The summed E-state index contributed by atoms with van der Waals surface area (Å²) < 4.78 is 1.11. The lowest BCUT2D eigenvalue weighted by Gasteiger charge is -2.21. The van der Waals surface area contributed by atoms with Gasteiger partial charge in [-0.05, 0) is 44.0 Å². The molecule has 1 saturated heterocycles. The molecule has 0 aliphatic carbocycles. The maximum atomic E-state index is 4.84. The molecule has 2 aromatic rings. The molecule has 1 N–H and O–H groups in total. The van der Waals surface area contributed by atoms with E-state index in [9.17, 15) is 0 Å². The molecular formula is C15H17BrN2S. The fourth-order valence-corrected chi connectivity index (χ4v) is 3.79. The maximum Gasteiger partial charge on any atom is 0.110 e. The average Bonchev–Trinajstić information content (AvgIpc) is 2.92. The van der Waals surface area contributed by atoms with E-state index in [0.717, 1.165) is 16.7 Å². The number of benzene rings is 1. The van der Waals surface area contributed by atoms with Crippen LogP contribution in [0.2, 0.25) is 0 Å². The fraction of sp³-hybridized carbons (Fsp3) is 0.400. The second-order valence-corrected chi connectivity index (χ2v) is 6.84. The molecule has 0 amide bonds. The van der Waals surface area contributed by atoms with E-state index in [1.54, 1.807) is 11.3 Å². The van der Waals surface area contributed by atoms with E-state index in [2.05, 4.69) is 51.7 Å². The smallest absolute Gasteiger partial charge is 0.110 e. The van der Waals surface area contributed by atoms with Crippen molar-refractivity contribution < 1.29 is 0 Å². The van der Waals surface area contributed by atoms with Crippen molar-refractivity contribution in [1.29, 1.82) is 0 Å². The van der Waals surface area contributed by atoms with Crippen LogP contribution < -0.4 is 5.32 Å². The summed E-state index contributed by atoms with van der Waals surface area (Å²) in [7, 11) is 0. The van der Waals surface area contributed by atoms with Crippen LogP contribution in [0.5, 0.6) is 0 Å². The first-order valence-electron chi connectivity index (χ1n) is 6.69. The quantitative estimate of drug-likeness (QED) is 0.859. The SMILES string of the molecule is Cc1ccc(Br)cc1-c1csc(C2CCCCN2)n1. The summed E-state index contributed by atoms with van der Waals surface area (Å²) in [5.74, 6) is 0. The van der Waals surface area contributed by atoms with Gasteiger partial charge in [0, 0.05) is 15.4 Å². The Morgan fingerprint density at radius 1 is 1.37 bits per heavy atom. The van der Waals surface area contributed by atoms with Gasteiger partial charge >= 0.3 is 0 Å². The maximum absolute atomic E-state index is 4.84. The third-order valence-electron chi connectivity index (χ3n) is 3.61. The summed E-state index contributed by atoms with van der Waals surface area (Å²) >= 11 is 5.32. The zero-order valence-electron chi connectivity index (χ0n) is 10.9. The van der Waals surface area contributed by atoms with Gasteiger partial charge in [0.05, 0.1) is 11.7 Å². The third-order valence-corrected chi connectivity index (χ3v) is 5.06. The Bertz CT molecular complexity index is 573. The summed E-state index contributed by atoms with van der Waals surface area (Å²) in [6, 6.07) is 6.83. The van der Waals surface area contributed by atoms with E-state index < -0.39 is 0 Å². The number of nitrogens with one attached hydrogen (secondary N) is 1. The minimum atomic E-state index is 0.458. The van der Waals surface area contributed by atoms with Gasteiger partial charge in [-0.2, -0.15) is 0 Å². The van der Waals surface area contributed by atoms with Gasteiger partial charge in [0.15, 0.2) is 0 Å². The number of halogens is 1. The lowest BCUT2D eigenvalue weighted by Crippen LogP contribution is -2.26. The van der Waals surface area contributed by atoms with Crippen LogP contribution in [0.3, 0.4) is 0 Å². The fourth-order valence-electron chi connectivity index (χ4n) is 2.50. The molecule has 1 aliphatic heterocycles. The molecule has 100 valence electrons. The van der Waals surface area contributed by atoms with Crippen LogP contribution in [-0.2, 0) is 0 Å². The minimum absolute atomic E-state index is 0.458. The molecule has 4 heteroatoms. The number of thiazole rings is 1. The van der Waals surface area contributed by atoms with Gasteiger partial charge in [-0.3, -0.25) is 0 Å². The largest absolute Gasteiger partial charge is 0.308 e. The molecule has 1 aliphatic rings. The zero-order valence-corrected chi connectivity index (χ0v) is 13.4. The minimum Gasteiger partial charge on any atom is -0.308 e. The second-order valence-electron chi connectivity index (χ2n) is 5.03. The van der Waals surface area contributed by atoms with Crippen molar-refractivity contribution in [2.75, 3.05) is 6.54 Å². The number of hydrogen-bond donors (Lipinski definition) is 1. The third kappa shape index (κ3) is 2.91. The Hall–Kier alpha value is -0.710. The van der Waals surface area contributed by atoms with Crippen LogP contribution >= 0.6 is 27.3 Å². The lowest BCUT2D eigenvalue weighted by atomic mass is 10.1.